The van der Waals surface area contributed by atoms with E-state index in [9.17, 15) is 0 Å². The van der Waals surface area contributed by atoms with Crippen LogP contribution in [0.25, 0.3) is 0 Å². The fourth-order valence-electron chi connectivity index (χ4n) is 2.52. The van der Waals surface area contributed by atoms with Crippen molar-refractivity contribution in [2.24, 2.45) is 5.73 Å². The van der Waals surface area contributed by atoms with E-state index in [1.807, 2.05) is 0 Å². The number of benzene rings is 1. The van der Waals surface area contributed by atoms with Crippen LogP contribution < -0.4 is 5.73 Å². The zero-order chi connectivity index (χ0) is 12.1. The average molecular weight is 232 g/mol. The van der Waals surface area contributed by atoms with Gasteiger partial charge in [-0.2, -0.15) is 0 Å². The van der Waals surface area contributed by atoms with Gasteiger partial charge in [0.2, 0.25) is 0 Å². The van der Waals surface area contributed by atoms with Crippen LogP contribution in [0.5, 0.6) is 0 Å². The van der Waals surface area contributed by atoms with Gasteiger partial charge in [-0.25, -0.2) is 0 Å². The molecule has 17 heavy (non-hydrogen) atoms. The lowest BCUT2D eigenvalue weighted by Crippen LogP contribution is -2.32. The Bertz CT molecular complexity index is 323. The van der Waals surface area contributed by atoms with Gasteiger partial charge in [0, 0.05) is 12.6 Å². The number of hydrogen-bond acceptors (Lipinski definition) is 2. The van der Waals surface area contributed by atoms with Crippen molar-refractivity contribution in [1.29, 1.82) is 0 Å². The van der Waals surface area contributed by atoms with Crippen LogP contribution in [0.4, 0.5) is 0 Å². The summed E-state index contributed by atoms with van der Waals surface area (Å²) >= 11 is 0. The standard InChI is InChI=1S/C15H24N2/c1-13-6-8-14(9-7-13)15(16)12-17-10-4-2-3-5-11-17/h6-9,15H,2-5,10-12,16H2,1H3. The molecule has 1 aromatic rings. The van der Waals surface area contributed by atoms with Crippen molar-refractivity contribution in [2.45, 2.75) is 38.6 Å². The molecule has 1 atom stereocenters. The van der Waals surface area contributed by atoms with E-state index < -0.39 is 0 Å². The van der Waals surface area contributed by atoms with Crippen molar-refractivity contribution in [3.63, 3.8) is 0 Å². The first-order valence-corrected chi connectivity index (χ1v) is 6.80. The quantitative estimate of drug-likeness (QED) is 0.868. The number of nitrogens with two attached hydrogens (primary N) is 1. The Hall–Kier alpha value is -0.860. The van der Waals surface area contributed by atoms with E-state index >= 15 is 0 Å². The minimum atomic E-state index is 0.161. The molecule has 0 aliphatic carbocycles. The molecule has 1 aliphatic rings. The molecule has 0 saturated carbocycles. The van der Waals surface area contributed by atoms with E-state index in [1.165, 1.54) is 49.9 Å². The molecule has 2 heteroatoms. The topological polar surface area (TPSA) is 29.3 Å². The normalized spacial score (nSPS) is 19.9. The van der Waals surface area contributed by atoms with Crippen molar-refractivity contribution in [3.8, 4) is 0 Å². The van der Waals surface area contributed by atoms with Crippen molar-refractivity contribution in [1.82, 2.24) is 4.90 Å². The lowest BCUT2D eigenvalue weighted by atomic mass is 10.1. The molecule has 1 heterocycles. The van der Waals surface area contributed by atoms with Gasteiger partial charge in [-0.05, 0) is 38.4 Å². The van der Waals surface area contributed by atoms with E-state index in [2.05, 4.69) is 36.1 Å². The molecule has 1 aromatic carbocycles. The molecular weight excluding hydrogens is 208 g/mol. The summed E-state index contributed by atoms with van der Waals surface area (Å²) in [5.41, 5.74) is 8.85. The lowest BCUT2D eigenvalue weighted by molar-refractivity contribution is 0.268. The zero-order valence-electron chi connectivity index (χ0n) is 10.9. The van der Waals surface area contributed by atoms with Crippen LogP contribution in [0.3, 0.4) is 0 Å². The molecule has 1 unspecified atom stereocenters. The summed E-state index contributed by atoms with van der Waals surface area (Å²) in [5, 5.41) is 0. The van der Waals surface area contributed by atoms with Gasteiger partial charge in [0.25, 0.3) is 0 Å². The van der Waals surface area contributed by atoms with Crippen LogP contribution in [0.15, 0.2) is 24.3 Å². The average Bonchev–Trinajstić information content (AvgIpc) is 2.58. The van der Waals surface area contributed by atoms with Crippen LogP contribution in [0.2, 0.25) is 0 Å². The molecule has 0 amide bonds. The second-order valence-corrected chi connectivity index (χ2v) is 5.23. The highest BCUT2D eigenvalue weighted by molar-refractivity contribution is 5.24. The van der Waals surface area contributed by atoms with Crippen molar-refractivity contribution in [3.05, 3.63) is 35.4 Å². The minimum absolute atomic E-state index is 0.161. The van der Waals surface area contributed by atoms with E-state index in [0.717, 1.165) is 6.54 Å². The third-order valence-electron chi connectivity index (χ3n) is 3.66. The fourth-order valence-corrected chi connectivity index (χ4v) is 2.52. The highest BCUT2D eigenvalue weighted by atomic mass is 15.1. The summed E-state index contributed by atoms with van der Waals surface area (Å²) in [6.45, 7) is 5.56. The smallest absolute Gasteiger partial charge is 0.0424 e. The number of rotatable bonds is 3. The second-order valence-electron chi connectivity index (χ2n) is 5.23. The Morgan fingerprint density at radius 1 is 1.06 bits per heavy atom. The molecule has 0 spiro atoms. The molecule has 0 bridgehead atoms. The number of nitrogens with zero attached hydrogens (tertiary/aromatic N) is 1. The number of likely N-dealkylation sites (tertiary alicyclic amines) is 1. The van der Waals surface area contributed by atoms with E-state index in [0.29, 0.717) is 0 Å². The Balaban J connectivity index is 1.91. The maximum absolute atomic E-state index is 6.29. The maximum atomic E-state index is 6.29. The Labute approximate surface area is 105 Å². The first kappa shape index (κ1) is 12.6. The molecule has 2 nitrogen and oxygen atoms in total. The predicted molar refractivity (Wildman–Crippen MR) is 73.0 cm³/mol. The Morgan fingerprint density at radius 2 is 1.65 bits per heavy atom. The monoisotopic (exact) mass is 232 g/mol. The Kier molecular flexibility index (Phi) is 4.57. The van der Waals surface area contributed by atoms with Gasteiger partial charge in [0.1, 0.15) is 0 Å². The van der Waals surface area contributed by atoms with Gasteiger partial charge < -0.3 is 10.6 Å². The minimum Gasteiger partial charge on any atom is -0.323 e. The van der Waals surface area contributed by atoms with Crippen molar-refractivity contribution >= 4 is 0 Å². The fraction of sp³-hybridized carbons (Fsp3) is 0.600. The third-order valence-corrected chi connectivity index (χ3v) is 3.66. The molecule has 94 valence electrons. The lowest BCUT2D eigenvalue weighted by Gasteiger charge is -2.24. The van der Waals surface area contributed by atoms with Crippen molar-refractivity contribution < 1.29 is 0 Å². The summed E-state index contributed by atoms with van der Waals surface area (Å²) in [4.78, 5) is 2.53. The summed E-state index contributed by atoms with van der Waals surface area (Å²) in [6, 6.07) is 8.79. The van der Waals surface area contributed by atoms with Gasteiger partial charge in [0.05, 0.1) is 0 Å². The SMILES string of the molecule is Cc1ccc(C(N)CN2CCCCCC2)cc1. The molecule has 1 aliphatic heterocycles. The molecule has 1 fully saturated rings. The van der Waals surface area contributed by atoms with E-state index in [-0.39, 0.29) is 6.04 Å². The maximum Gasteiger partial charge on any atom is 0.0424 e. The molecule has 2 N–H and O–H groups in total. The van der Waals surface area contributed by atoms with E-state index in [4.69, 9.17) is 5.73 Å². The van der Waals surface area contributed by atoms with Gasteiger partial charge in [-0.15, -0.1) is 0 Å². The molecular formula is C15H24N2. The summed E-state index contributed by atoms with van der Waals surface area (Å²) < 4.78 is 0. The number of hydrogen-bond donors (Lipinski definition) is 1. The van der Waals surface area contributed by atoms with E-state index in [1.54, 1.807) is 0 Å². The summed E-state index contributed by atoms with van der Waals surface area (Å²) in [5.74, 6) is 0. The highest BCUT2D eigenvalue weighted by Gasteiger charge is 2.13. The molecule has 1 saturated heterocycles. The number of aryl methyl sites for hydroxylation is 1. The predicted octanol–water partition coefficient (Wildman–Crippen LogP) is 2.87. The zero-order valence-corrected chi connectivity index (χ0v) is 10.9. The summed E-state index contributed by atoms with van der Waals surface area (Å²) in [7, 11) is 0. The van der Waals surface area contributed by atoms with Crippen LogP contribution in [0, 0.1) is 6.92 Å². The van der Waals surface area contributed by atoms with Crippen molar-refractivity contribution in [2.75, 3.05) is 19.6 Å². The first-order valence-electron chi connectivity index (χ1n) is 6.80. The summed E-state index contributed by atoms with van der Waals surface area (Å²) in [6.07, 6.45) is 5.44. The second kappa shape index (κ2) is 6.18. The van der Waals surface area contributed by atoms with Gasteiger partial charge in [0.15, 0.2) is 0 Å². The van der Waals surface area contributed by atoms with Gasteiger partial charge >= 0.3 is 0 Å². The van der Waals surface area contributed by atoms with Crippen LogP contribution in [-0.2, 0) is 0 Å². The third kappa shape index (κ3) is 3.83. The van der Waals surface area contributed by atoms with Crippen LogP contribution >= 0.6 is 0 Å². The highest BCUT2D eigenvalue weighted by Crippen LogP contribution is 2.16. The van der Waals surface area contributed by atoms with Crippen LogP contribution in [0.1, 0.15) is 42.9 Å². The van der Waals surface area contributed by atoms with Crippen LogP contribution in [-0.4, -0.2) is 24.5 Å². The molecule has 0 aromatic heterocycles. The Morgan fingerprint density at radius 3 is 2.24 bits per heavy atom. The van der Waals surface area contributed by atoms with Gasteiger partial charge in [-0.3, -0.25) is 0 Å². The molecule has 2 rings (SSSR count). The molecule has 0 radical (unpaired) electrons. The first-order chi connectivity index (χ1) is 8.25. The van der Waals surface area contributed by atoms with Gasteiger partial charge in [-0.1, -0.05) is 42.7 Å². The largest absolute Gasteiger partial charge is 0.323 e.